The first-order valence-corrected chi connectivity index (χ1v) is 3.75. The molecule has 0 aliphatic carbocycles. The summed E-state index contributed by atoms with van der Waals surface area (Å²) >= 11 is 0. The number of unbranched alkanes of at least 4 members (excludes halogenated alkanes) is 1. The van der Waals surface area contributed by atoms with E-state index >= 15 is 0 Å². The van der Waals surface area contributed by atoms with E-state index in [-0.39, 0.29) is 5.78 Å². The zero-order chi connectivity index (χ0) is 7.82. The molecule has 0 heterocycles. The average molecular weight is 138 g/mol. The van der Waals surface area contributed by atoms with Gasteiger partial charge in [0.25, 0.3) is 0 Å². The summed E-state index contributed by atoms with van der Waals surface area (Å²) in [6.45, 7) is 3.94. The van der Waals surface area contributed by atoms with E-state index in [1.54, 1.807) is 0 Å². The third-order valence-electron chi connectivity index (χ3n) is 1.14. The molecule has 1 heteroatoms. The van der Waals surface area contributed by atoms with E-state index < -0.39 is 0 Å². The van der Waals surface area contributed by atoms with E-state index in [2.05, 4.69) is 12.7 Å². The molecule has 0 rings (SSSR count). The fourth-order valence-electron chi connectivity index (χ4n) is 0.482. The number of ketones is 1. The Morgan fingerprint density at radius 1 is 1.50 bits per heavy atom. The van der Waals surface area contributed by atoms with Gasteiger partial charge >= 0.3 is 0 Å². The lowest BCUT2D eigenvalue weighted by Gasteiger charge is -1.79. The van der Waals surface area contributed by atoms with Crippen molar-refractivity contribution in [3.63, 3.8) is 0 Å². The third-order valence-corrected chi connectivity index (χ3v) is 1.14. The SMILES string of the molecule is CCCC=C=CC(=O)CC. The molecule has 0 aromatic rings. The molecule has 0 aliphatic rings. The van der Waals surface area contributed by atoms with E-state index in [0.29, 0.717) is 6.42 Å². The maximum atomic E-state index is 10.6. The molecule has 1 nitrogen and oxygen atoms in total. The minimum Gasteiger partial charge on any atom is -0.294 e. The van der Waals surface area contributed by atoms with Crippen molar-refractivity contribution < 1.29 is 4.79 Å². The number of rotatable bonds is 4. The Morgan fingerprint density at radius 2 is 2.20 bits per heavy atom. The molecule has 0 atom stereocenters. The fourth-order valence-corrected chi connectivity index (χ4v) is 0.482. The number of hydrogen-bond donors (Lipinski definition) is 0. The molecule has 0 aromatic heterocycles. The van der Waals surface area contributed by atoms with Gasteiger partial charge in [-0.05, 0) is 12.5 Å². The molecule has 0 unspecified atom stereocenters. The first-order chi connectivity index (χ1) is 4.81. The Balaban J connectivity index is 3.62. The summed E-state index contributed by atoms with van der Waals surface area (Å²) in [5.41, 5.74) is 2.84. The number of allylic oxidation sites excluding steroid dienone is 1. The summed E-state index contributed by atoms with van der Waals surface area (Å²) in [5.74, 6) is 0.146. The number of hydrogen-bond acceptors (Lipinski definition) is 1. The number of carbonyl (C=O) groups is 1. The van der Waals surface area contributed by atoms with Crippen LogP contribution in [0.25, 0.3) is 0 Å². The first kappa shape index (κ1) is 9.19. The molecule has 0 radical (unpaired) electrons. The van der Waals surface area contributed by atoms with Crippen LogP contribution in [-0.4, -0.2) is 5.78 Å². The highest BCUT2D eigenvalue weighted by molar-refractivity contribution is 5.89. The Labute approximate surface area is 62.4 Å². The molecule has 0 fully saturated rings. The predicted molar refractivity (Wildman–Crippen MR) is 42.9 cm³/mol. The zero-order valence-electron chi connectivity index (χ0n) is 6.68. The fraction of sp³-hybridized carbons (Fsp3) is 0.556. The van der Waals surface area contributed by atoms with Crippen molar-refractivity contribution in [1.82, 2.24) is 0 Å². The van der Waals surface area contributed by atoms with Crippen molar-refractivity contribution in [2.24, 2.45) is 0 Å². The Bertz CT molecular complexity index is 150. The second-order valence-electron chi connectivity index (χ2n) is 2.12. The van der Waals surface area contributed by atoms with E-state index in [1.807, 2.05) is 13.0 Å². The molecule has 0 N–H and O–H groups in total. The summed E-state index contributed by atoms with van der Waals surface area (Å²) < 4.78 is 0. The van der Waals surface area contributed by atoms with Crippen LogP contribution in [0.15, 0.2) is 17.9 Å². The van der Waals surface area contributed by atoms with Gasteiger partial charge in [0.05, 0.1) is 0 Å². The molecule has 56 valence electrons. The summed E-state index contributed by atoms with van der Waals surface area (Å²) in [6.07, 6.45) is 6.10. The smallest absolute Gasteiger partial charge is 0.163 e. The average Bonchev–Trinajstić information content (AvgIpc) is 1.98. The molecule has 10 heavy (non-hydrogen) atoms. The van der Waals surface area contributed by atoms with Crippen molar-refractivity contribution in [3.05, 3.63) is 17.9 Å². The van der Waals surface area contributed by atoms with Crippen LogP contribution in [0.5, 0.6) is 0 Å². The molecule has 0 bridgehead atoms. The van der Waals surface area contributed by atoms with Gasteiger partial charge in [-0.1, -0.05) is 20.3 Å². The van der Waals surface area contributed by atoms with Gasteiger partial charge in [0, 0.05) is 12.5 Å². The van der Waals surface area contributed by atoms with Gasteiger partial charge in [0.15, 0.2) is 5.78 Å². The lowest BCUT2D eigenvalue weighted by molar-refractivity contribution is -0.114. The highest BCUT2D eigenvalue weighted by Crippen LogP contribution is 1.86. The van der Waals surface area contributed by atoms with Gasteiger partial charge in [-0.2, -0.15) is 0 Å². The lowest BCUT2D eigenvalue weighted by atomic mass is 10.3. The molecule has 0 aliphatic heterocycles. The molecule has 0 saturated heterocycles. The summed E-state index contributed by atoms with van der Waals surface area (Å²) in [5, 5.41) is 0. The maximum absolute atomic E-state index is 10.6. The Kier molecular flexibility index (Phi) is 5.80. The van der Waals surface area contributed by atoms with Gasteiger partial charge < -0.3 is 0 Å². The van der Waals surface area contributed by atoms with Crippen LogP contribution in [-0.2, 0) is 4.79 Å². The molecule has 0 spiro atoms. The van der Waals surface area contributed by atoms with Crippen LogP contribution < -0.4 is 0 Å². The molecule has 0 amide bonds. The second kappa shape index (κ2) is 6.31. The van der Waals surface area contributed by atoms with Crippen molar-refractivity contribution in [3.8, 4) is 0 Å². The van der Waals surface area contributed by atoms with Gasteiger partial charge in [-0.25, -0.2) is 0 Å². The maximum Gasteiger partial charge on any atom is 0.163 e. The van der Waals surface area contributed by atoms with Crippen molar-refractivity contribution in [2.75, 3.05) is 0 Å². The van der Waals surface area contributed by atoms with Crippen LogP contribution in [0.1, 0.15) is 33.1 Å². The van der Waals surface area contributed by atoms with E-state index in [1.165, 1.54) is 6.08 Å². The minimum absolute atomic E-state index is 0.146. The number of carbonyl (C=O) groups excluding carboxylic acids is 1. The summed E-state index contributed by atoms with van der Waals surface area (Å²) in [4.78, 5) is 10.6. The van der Waals surface area contributed by atoms with Crippen LogP contribution in [0, 0.1) is 0 Å². The predicted octanol–water partition coefficient (Wildman–Crippen LogP) is 2.48. The van der Waals surface area contributed by atoms with Gasteiger partial charge in [-0.3, -0.25) is 4.79 Å². The highest BCUT2D eigenvalue weighted by atomic mass is 16.1. The van der Waals surface area contributed by atoms with E-state index in [4.69, 9.17) is 0 Å². The van der Waals surface area contributed by atoms with E-state index in [9.17, 15) is 4.79 Å². The van der Waals surface area contributed by atoms with Gasteiger partial charge in [0.2, 0.25) is 0 Å². The second-order valence-corrected chi connectivity index (χ2v) is 2.12. The quantitative estimate of drug-likeness (QED) is 0.431. The largest absolute Gasteiger partial charge is 0.294 e. The normalized spacial score (nSPS) is 8.20. The van der Waals surface area contributed by atoms with Crippen LogP contribution in [0.2, 0.25) is 0 Å². The third kappa shape index (κ3) is 5.33. The minimum atomic E-state index is 0.146. The monoisotopic (exact) mass is 138 g/mol. The van der Waals surface area contributed by atoms with Crippen molar-refractivity contribution >= 4 is 5.78 Å². The van der Waals surface area contributed by atoms with Crippen LogP contribution in [0.4, 0.5) is 0 Å². The molecule has 0 aromatic carbocycles. The van der Waals surface area contributed by atoms with Crippen LogP contribution >= 0.6 is 0 Å². The lowest BCUT2D eigenvalue weighted by Crippen LogP contribution is -1.84. The van der Waals surface area contributed by atoms with Crippen molar-refractivity contribution in [1.29, 1.82) is 0 Å². The molecular formula is C9H14O. The summed E-state index contributed by atoms with van der Waals surface area (Å²) in [7, 11) is 0. The summed E-state index contributed by atoms with van der Waals surface area (Å²) in [6, 6.07) is 0. The molecule has 0 saturated carbocycles. The Morgan fingerprint density at radius 3 is 2.70 bits per heavy atom. The van der Waals surface area contributed by atoms with Crippen molar-refractivity contribution in [2.45, 2.75) is 33.1 Å². The van der Waals surface area contributed by atoms with Crippen LogP contribution in [0.3, 0.4) is 0 Å². The molecular weight excluding hydrogens is 124 g/mol. The standard InChI is InChI=1S/C9H14O/c1-3-5-6-7-8-9(10)4-2/h6,8H,3-5H2,1-2H3. The highest BCUT2D eigenvalue weighted by Gasteiger charge is 1.84. The Hall–Kier alpha value is -0.810. The zero-order valence-corrected chi connectivity index (χ0v) is 6.68. The topological polar surface area (TPSA) is 17.1 Å². The first-order valence-electron chi connectivity index (χ1n) is 3.75. The van der Waals surface area contributed by atoms with E-state index in [0.717, 1.165) is 12.8 Å². The van der Waals surface area contributed by atoms with Gasteiger partial charge in [-0.15, -0.1) is 5.73 Å². The van der Waals surface area contributed by atoms with Gasteiger partial charge in [0.1, 0.15) is 0 Å².